The summed E-state index contributed by atoms with van der Waals surface area (Å²) in [5, 5.41) is 9.96. The molecule has 0 aliphatic carbocycles. The number of furan rings is 1. The lowest BCUT2D eigenvalue weighted by atomic mass is 10.2. The van der Waals surface area contributed by atoms with Gasteiger partial charge in [-0.15, -0.1) is 0 Å². The summed E-state index contributed by atoms with van der Waals surface area (Å²) in [5.41, 5.74) is 0.365. The molecule has 0 aliphatic heterocycles. The molecule has 0 aliphatic rings. The van der Waals surface area contributed by atoms with Gasteiger partial charge in [-0.3, -0.25) is 9.59 Å². The van der Waals surface area contributed by atoms with E-state index in [1.165, 1.54) is 13.0 Å². The predicted octanol–water partition coefficient (Wildman–Crippen LogP) is 1.72. The van der Waals surface area contributed by atoms with Gasteiger partial charge in [-0.05, 0) is 13.0 Å². The van der Waals surface area contributed by atoms with E-state index in [9.17, 15) is 22.8 Å². The lowest BCUT2D eigenvalue weighted by Gasteiger charge is -2.19. The monoisotopic (exact) mass is 265 g/mol. The summed E-state index contributed by atoms with van der Waals surface area (Å²) >= 11 is 0. The number of hydrogen-bond acceptors (Lipinski definition) is 3. The second kappa shape index (κ2) is 5.11. The Balaban J connectivity index is 2.82. The molecule has 0 fully saturated rings. The lowest BCUT2D eigenvalue weighted by Crippen LogP contribution is -2.46. The molecular weight excluding hydrogens is 255 g/mol. The fourth-order valence-electron chi connectivity index (χ4n) is 1.25. The first-order chi connectivity index (χ1) is 8.21. The number of rotatable bonds is 4. The van der Waals surface area contributed by atoms with Crippen molar-refractivity contribution >= 4 is 11.9 Å². The summed E-state index contributed by atoms with van der Waals surface area (Å²) in [7, 11) is 0. The Bertz CT molecular complexity index is 452. The van der Waals surface area contributed by atoms with Gasteiger partial charge in [-0.2, -0.15) is 13.2 Å². The largest absolute Gasteiger partial charge is 0.481 e. The zero-order valence-corrected chi connectivity index (χ0v) is 9.25. The van der Waals surface area contributed by atoms with Gasteiger partial charge in [-0.25, -0.2) is 0 Å². The molecule has 1 aromatic heterocycles. The van der Waals surface area contributed by atoms with Gasteiger partial charge in [0.1, 0.15) is 6.04 Å². The van der Waals surface area contributed by atoms with Crippen molar-refractivity contribution in [3.8, 4) is 0 Å². The van der Waals surface area contributed by atoms with Crippen molar-refractivity contribution in [2.75, 3.05) is 0 Å². The van der Waals surface area contributed by atoms with Crippen LogP contribution in [0.15, 0.2) is 16.7 Å². The molecule has 18 heavy (non-hydrogen) atoms. The van der Waals surface area contributed by atoms with Crippen LogP contribution in [0.3, 0.4) is 0 Å². The van der Waals surface area contributed by atoms with Crippen molar-refractivity contribution in [2.24, 2.45) is 0 Å². The van der Waals surface area contributed by atoms with Gasteiger partial charge in [0.25, 0.3) is 5.91 Å². The maximum absolute atomic E-state index is 12.5. The molecule has 0 saturated carbocycles. The van der Waals surface area contributed by atoms with Crippen LogP contribution in [0.2, 0.25) is 0 Å². The fraction of sp³-hybridized carbons (Fsp3) is 0.400. The molecule has 0 spiro atoms. The quantitative estimate of drug-likeness (QED) is 0.868. The third-order valence-electron chi connectivity index (χ3n) is 2.15. The fourth-order valence-corrected chi connectivity index (χ4v) is 1.25. The zero-order valence-electron chi connectivity index (χ0n) is 9.25. The topological polar surface area (TPSA) is 79.5 Å². The lowest BCUT2D eigenvalue weighted by molar-refractivity contribution is -0.165. The average Bonchev–Trinajstić information content (AvgIpc) is 2.61. The molecule has 1 atom stereocenters. The number of aliphatic carboxylic acids is 1. The van der Waals surface area contributed by atoms with Crippen molar-refractivity contribution < 1.29 is 32.3 Å². The molecule has 0 bridgehead atoms. The molecule has 0 radical (unpaired) electrons. The summed E-state index contributed by atoms with van der Waals surface area (Å²) in [6, 6.07) is -1.04. The van der Waals surface area contributed by atoms with Crippen molar-refractivity contribution in [3.05, 3.63) is 23.7 Å². The molecule has 8 heteroatoms. The number of nitrogens with one attached hydrogen (secondary N) is 1. The molecular formula is C10H10F3NO4. The molecule has 2 N–H and O–H groups in total. The maximum atomic E-state index is 12.5. The van der Waals surface area contributed by atoms with Crippen LogP contribution in [0.1, 0.15) is 22.5 Å². The zero-order chi connectivity index (χ0) is 13.9. The Hall–Kier alpha value is -1.99. The van der Waals surface area contributed by atoms with E-state index in [-0.39, 0.29) is 5.76 Å². The number of carboxylic acids is 1. The number of hydrogen-bond donors (Lipinski definition) is 2. The highest BCUT2D eigenvalue weighted by atomic mass is 19.4. The molecule has 5 nitrogen and oxygen atoms in total. The van der Waals surface area contributed by atoms with Crippen molar-refractivity contribution in [2.45, 2.75) is 25.6 Å². The summed E-state index contributed by atoms with van der Waals surface area (Å²) in [6.45, 7) is 1.48. The third kappa shape index (κ3) is 3.51. The second-order valence-electron chi connectivity index (χ2n) is 3.60. The van der Waals surface area contributed by atoms with Crippen LogP contribution in [0.4, 0.5) is 13.2 Å². The summed E-state index contributed by atoms with van der Waals surface area (Å²) in [4.78, 5) is 21.8. The van der Waals surface area contributed by atoms with E-state index in [2.05, 4.69) is 0 Å². The van der Waals surface area contributed by atoms with Crippen LogP contribution in [0, 0.1) is 6.92 Å². The van der Waals surface area contributed by atoms with Gasteiger partial charge >= 0.3 is 12.1 Å². The number of halogens is 3. The summed E-state index contributed by atoms with van der Waals surface area (Å²) in [5.74, 6) is -3.02. The van der Waals surface area contributed by atoms with E-state index in [1.54, 1.807) is 5.32 Å². The average molecular weight is 265 g/mol. The number of aryl methyl sites for hydroxylation is 1. The van der Waals surface area contributed by atoms with Crippen molar-refractivity contribution in [1.82, 2.24) is 5.32 Å². The van der Waals surface area contributed by atoms with Crippen LogP contribution < -0.4 is 5.32 Å². The standard InChI is InChI=1S/C10H10F3NO4/c1-5-2-3-18-8(5)9(17)14-6(4-7(15)16)10(11,12)13/h2-3,6H,4H2,1H3,(H,14,17)(H,15,16). The van der Waals surface area contributed by atoms with E-state index in [4.69, 9.17) is 9.52 Å². The first kappa shape index (κ1) is 14.1. The van der Waals surface area contributed by atoms with Crippen LogP contribution in [-0.2, 0) is 4.79 Å². The molecule has 1 aromatic rings. The second-order valence-corrected chi connectivity index (χ2v) is 3.60. The number of carbonyl (C=O) groups is 2. The van der Waals surface area contributed by atoms with Crippen LogP contribution in [0.25, 0.3) is 0 Å². The van der Waals surface area contributed by atoms with Crippen LogP contribution >= 0.6 is 0 Å². The van der Waals surface area contributed by atoms with Gasteiger partial charge in [0.05, 0.1) is 12.7 Å². The summed E-state index contributed by atoms with van der Waals surface area (Å²) < 4.78 is 42.1. The van der Waals surface area contributed by atoms with E-state index in [0.717, 1.165) is 6.26 Å². The third-order valence-corrected chi connectivity index (χ3v) is 2.15. The molecule has 1 unspecified atom stereocenters. The minimum absolute atomic E-state index is 0.269. The SMILES string of the molecule is Cc1ccoc1C(=O)NC(CC(=O)O)C(F)(F)F. The molecule has 100 valence electrons. The van der Waals surface area contributed by atoms with Gasteiger partial charge in [0, 0.05) is 5.56 Å². The Labute approximate surface area is 99.6 Å². The highest BCUT2D eigenvalue weighted by Crippen LogP contribution is 2.23. The van der Waals surface area contributed by atoms with E-state index in [1.807, 2.05) is 0 Å². The Morgan fingerprint density at radius 2 is 2.11 bits per heavy atom. The Morgan fingerprint density at radius 1 is 1.50 bits per heavy atom. The highest BCUT2D eigenvalue weighted by Gasteiger charge is 2.42. The first-order valence-electron chi connectivity index (χ1n) is 4.85. The number of carboxylic acid groups (broad SMARTS) is 1. The van der Waals surface area contributed by atoms with Gasteiger partial charge in [0.2, 0.25) is 0 Å². The normalized spacial score (nSPS) is 13.1. The molecule has 0 saturated heterocycles. The first-order valence-corrected chi connectivity index (χ1v) is 4.85. The van der Waals surface area contributed by atoms with Gasteiger partial charge in [-0.1, -0.05) is 0 Å². The molecule has 1 amide bonds. The van der Waals surface area contributed by atoms with E-state index < -0.39 is 30.5 Å². The molecule has 1 rings (SSSR count). The van der Waals surface area contributed by atoms with Gasteiger partial charge in [0.15, 0.2) is 5.76 Å². The Kier molecular flexibility index (Phi) is 4.00. The highest BCUT2D eigenvalue weighted by molar-refractivity contribution is 5.93. The smallest absolute Gasteiger partial charge is 0.409 e. The maximum Gasteiger partial charge on any atom is 0.409 e. The Morgan fingerprint density at radius 3 is 2.50 bits per heavy atom. The van der Waals surface area contributed by atoms with Crippen LogP contribution in [-0.4, -0.2) is 29.2 Å². The van der Waals surface area contributed by atoms with Crippen molar-refractivity contribution in [3.63, 3.8) is 0 Å². The van der Waals surface area contributed by atoms with Crippen LogP contribution in [0.5, 0.6) is 0 Å². The minimum atomic E-state index is -4.84. The molecule has 0 aromatic carbocycles. The summed E-state index contributed by atoms with van der Waals surface area (Å²) in [6.07, 6.45) is -4.92. The van der Waals surface area contributed by atoms with Gasteiger partial charge < -0.3 is 14.8 Å². The number of amides is 1. The number of carbonyl (C=O) groups excluding carboxylic acids is 1. The minimum Gasteiger partial charge on any atom is -0.481 e. The number of alkyl halides is 3. The van der Waals surface area contributed by atoms with Crippen molar-refractivity contribution in [1.29, 1.82) is 0 Å². The predicted molar refractivity (Wildman–Crippen MR) is 53.0 cm³/mol. The molecule has 1 heterocycles. The van der Waals surface area contributed by atoms with E-state index in [0.29, 0.717) is 5.56 Å². The van der Waals surface area contributed by atoms with E-state index >= 15 is 0 Å².